The average molecular weight is 1400 g/mol. The van der Waals surface area contributed by atoms with Gasteiger partial charge in [-0.2, -0.15) is 0 Å². The van der Waals surface area contributed by atoms with Crippen molar-refractivity contribution in [3.8, 4) is 0 Å². The minimum atomic E-state index is -2.43. The molecule has 95 heavy (non-hydrogen) atoms. The molecule has 40 atom stereocenters. The molecule has 8 heterocycles. The fourth-order valence-electron chi connectivity index (χ4n) is 12.1. The summed E-state index contributed by atoms with van der Waals surface area (Å²) in [5.41, 5.74) is 0. The third kappa shape index (κ3) is 17.0. The summed E-state index contributed by atoms with van der Waals surface area (Å²) in [6, 6.07) is -3.47. The second-order valence-electron chi connectivity index (χ2n) is 23.9. The van der Waals surface area contributed by atoms with Gasteiger partial charge in [-0.1, -0.05) is 0 Å². The first kappa shape index (κ1) is 78.1. The van der Waals surface area contributed by atoms with E-state index >= 15 is 0 Å². The van der Waals surface area contributed by atoms with Gasteiger partial charge in [-0.25, -0.2) is 0 Å². The predicted molar refractivity (Wildman–Crippen MR) is 288 cm³/mol. The Balaban J connectivity index is 1.15. The zero-order valence-electron chi connectivity index (χ0n) is 50.4. The van der Waals surface area contributed by atoms with Crippen molar-refractivity contribution in [3.63, 3.8) is 0 Å². The lowest BCUT2D eigenvalue weighted by Gasteiger charge is -2.50. The zero-order valence-corrected chi connectivity index (χ0v) is 50.4. The fourth-order valence-corrected chi connectivity index (χ4v) is 12.1. The van der Waals surface area contributed by atoms with E-state index in [0.29, 0.717) is 0 Å². The Hall–Kier alpha value is -2.62. The topological polar surface area (TPSA) is 682 Å². The third-order valence-electron chi connectivity index (χ3n) is 17.4. The summed E-state index contributed by atoms with van der Waals surface area (Å²) in [5, 5.41) is 266. The predicted octanol–water partition coefficient (Wildman–Crippen LogP) is -18.2. The molecular weight excluding hydrogens is 1310 g/mol. The van der Waals surface area contributed by atoms with E-state index in [-0.39, 0.29) is 0 Å². The van der Waals surface area contributed by atoms with Gasteiger partial charge in [0.2, 0.25) is 11.8 Å². The second kappa shape index (κ2) is 33.9. The molecule has 8 rings (SSSR count). The number of rotatable bonds is 25. The van der Waals surface area contributed by atoms with Crippen LogP contribution in [0.25, 0.3) is 0 Å². The minimum absolute atomic E-state index is 0.763. The Morgan fingerprint density at radius 1 is 0.326 bits per heavy atom. The van der Waals surface area contributed by atoms with Crippen LogP contribution >= 0.6 is 0 Å². The molecule has 26 N–H and O–H groups in total. The van der Waals surface area contributed by atoms with E-state index in [9.17, 15) is 132 Å². The Labute approximate surface area is 536 Å². The van der Waals surface area contributed by atoms with Crippen molar-refractivity contribution in [2.24, 2.45) is 0 Å². The van der Waals surface area contributed by atoms with Crippen LogP contribution in [0.15, 0.2) is 0 Å². The maximum atomic E-state index is 12.8. The Bertz CT molecular complexity index is 2380. The highest BCUT2D eigenvalue weighted by atomic mass is 16.8. The smallest absolute Gasteiger partial charge is 0.217 e. The third-order valence-corrected chi connectivity index (χ3v) is 17.4. The van der Waals surface area contributed by atoms with Crippen LogP contribution in [-0.4, -0.2) is 433 Å². The minimum Gasteiger partial charge on any atom is -0.394 e. The molecule has 43 nitrogen and oxygen atoms in total. The average Bonchev–Trinajstić information content (AvgIpc) is 1.31. The van der Waals surface area contributed by atoms with E-state index < -0.39 is 310 Å². The van der Waals surface area contributed by atoms with E-state index in [1.165, 1.54) is 0 Å². The summed E-state index contributed by atoms with van der Waals surface area (Å²) in [6.07, 6.45) is -78.4. The first-order valence-electron chi connectivity index (χ1n) is 30.1. The van der Waals surface area contributed by atoms with Crippen molar-refractivity contribution in [2.75, 3.05) is 52.9 Å². The van der Waals surface area contributed by atoms with E-state index in [4.69, 9.17) is 71.1 Å². The van der Waals surface area contributed by atoms with Gasteiger partial charge >= 0.3 is 0 Å². The van der Waals surface area contributed by atoms with Crippen LogP contribution in [0.1, 0.15) is 13.8 Å². The molecule has 8 fully saturated rings. The molecule has 0 radical (unpaired) electrons. The van der Waals surface area contributed by atoms with Crippen LogP contribution in [0.3, 0.4) is 0 Å². The van der Waals surface area contributed by atoms with E-state index in [1.54, 1.807) is 0 Å². The number of aliphatic hydroxyl groups excluding tert-OH is 24. The summed E-state index contributed by atoms with van der Waals surface area (Å²) in [6.45, 7) is -6.44. The quantitative estimate of drug-likeness (QED) is 0.0404. The normalized spacial score (nSPS) is 50.2. The number of aliphatic hydroxyl groups is 24. The molecule has 0 aromatic carbocycles. The number of nitrogens with one attached hydrogen (secondary N) is 2. The standard InChI is InChI=1S/C52H88N2O41/c1-11(61)53-21-28(69)40(17(7-59)83-45(21)80)91-46-22(54-12(2)62)29(70)41(18(8-60)87-46)92-51-38(79)42(93-48-35(76)31(72)24(65)15(5-57)85-48)26(67)19(88-51)10-82-52-44(95-50-37(78)33(74)39(90-50)13(63)3-55)43(94-49-36(77)32(73)25(66)16(6-58)86-49)27(68)20(89-52)9-81-47-34(75)30(71)23(64)14(4-56)84-47/h13-52,55-60,63-80H,3-10H2,1-2H3,(H,53,61)(H,54,62)/t13-,14-,15-,16-,17-,18-,19-,20-,21-,22-,23-,24-,25-,26-,27-,28-,29-,30+,31+,32+,33-,34+,35+,36+,37-,38+,39+,40-,41-,42+,43+,44+,45?,46+,47+,48-,49-,50+,51+,52+/m1/s1. The Kier molecular flexibility index (Phi) is 27.9. The van der Waals surface area contributed by atoms with Crippen molar-refractivity contribution in [1.82, 2.24) is 10.6 Å². The van der Waals surface area contributed by atoms with Crippen molar-refractivity contribution >= 4 is 11.8 Å². The van der Waals surface area contributed by atoms with Crippen LogP contribution in [0, 0.1) is 0 Å². The largest absolute Gasteiger partial charge is 0.394 e. The highest BCUT2D eigenvalue weighted by molar-refractivity contribution is 5.73. The fraction of sp³-hybridized carbons (Fsp3) is 0.962. The summed E-state index contributed by atoms with van der Waals surface area (Å²) in [7, 11) is 0. The SMILES string of the molecule is CC(=O)N[C@H]1[C@H](O[C@H]2[C@H](O)[C@@H](NC(C)=O)C(O)O[C@@H]2CO)O[C@H](CO)[C@@H](O[C@@H]2O[C@H](CO[C@H]3O[C@H](CO[C@H]4O[C@H](CO)[C@@H](O)[C@H](O)[C@@H]4O)[C@@H](O)[C@H](O[C@H]4O[C@H](CO)[C@@H](O)[C@H](O)[C@@H]4O)[C@@H]3O[C@@H]3O[C@@H]([C@H](O)CO)[C@H](O)[C@H]3O)[C@@H](O)[C@H](O[C@H]3O[C@H](CO)[C@@H](O)[C@H](O)[C@@H]3O)[C@@H]2O)[C@@H]1O. The molecule has 1 unspecified atom stereocenters. The molecule has 43 heteroatoms. The van der Waals surface area contributed by atoms with Crippen LogP contribution < -0.4 is 10.6 Å². The van der Waals surface area contributed by atoms with Crippen LogP contribution in [0.4, 0.5) is 0 Å². The van der Waals surface area contributed by atoms with Crippen LogP contribution in [-0.2, 0) is 80.6 Å². The highest BCUT2D eigenvalue weighted by Gasteiger charge is 2.60. The van der Waals surface area contributed by atoms with E-state index in [2.05, 4.69) is 10.6 Å². The number of hydrogen-bond donors (Lipinski definition) is 26. The molecule has 8 saturated heterocycles. The van der Waals surface area contributed by atoms with Gasteiger partial charge in [0.25, 0.3) is 0 Å². The van der Waals surface area contributed by atoms with Gasteiger partial charge in [-0.3, -0.25) is 9.59 Å². The molecule has 8 aliphatic rings. The van der Waals surface area contributed by atoms with Gasteiger partial charge in [-0.15, -0.1) is 0 Å². The number of amides is 2. The lowest BCUT2D eigenvalue weighted by molar-refractivity contribution is -0.394. The van der Waals surface area contributed by atoms with Gasteiger partial charge in [0.15, 0.2) is 50.3 Å². The van der Waals surface area contributed by atoms with Gasteiger partial charge < -0.3 is 204 Å². The van der Waals surface area contributed by atoms with E-state index in [1.807, 2.05) is 0 Å². The molecule has 552 valence electrons. The molecule has 0 saturated carbocycles. The summed E-state index contributed by atoms with van der Waals surface area (Å²) in [5.74, 6) is -1.67. The number of carbonyl (C=O) groups excluding carboxylic acids is 2. The van der Waals surface area contributed by atoms with E-state index in [0.717, 1.165) is 13.8 Å². The number of ether oxygens (including phenoxy) is 15. The monoisotopic (exact) mass is 1400 g/mol. The molecule has 0 aromatic heterocycles. The summed E-state index contributed by atoms with van der Waals surface area (Å²) in [4.78, 5) is 24.8. The first-order chi connectivity index (χ1) is 44.9. The van der Waals surface area contributed by atoms with Gasteiger partial charge in [0.1, 0.15) is 195 Å². The summed E-state index contributed by atoms with van der Waals surface area (Å²) >= 11 is 0. The Morgan fingerprint density at radius 3 is 1.17 bits per heavy atom. The lowest BCUT2D eigenvalue weighted by Crippen LogP contribution is -2.70. The molecule has 0 spiro atoms. The first-order valence-corrected chi connectivity index (χ1v) is 30.1. The lowest BCUT2D eigenvalue weighted by atomic mass is 9.94. The van der Waals surface area contributed by atoms with Crippen LogP contribution in [0.5, 0.6) is 0 Å². The molecule has 0 aliphatic carbocycles. The second-order valence-corrected chi connectivity index (χ2v) is 23.9. The van der Waals surface area contributed by atoms with Crippen molar-refractivity contribution in [1.29, 1.82) is 0 Å². The Morgan fingerprint density at radius 2 is 0.674 bits per heavy atom. The highest BCUT2D eigenvalue weighted by Crippen LogP contribution is 2.39. The molecule has 2 amide bonds. The van der Waals surface area contributed by atoms with Crippen LogP contribution in [0.2, 0.25) is 0 Å². The van der Waals surface area contributed by atoms with Gasteiger partial charge in [-0.05, 0) is 0 Å². The number of hydrogen-bond acceptors (Lipinski definition) is 41. The zero-order chi connectivity index (χ0) is 69.9. The molecular formula is C52H88N2O41. The van der Waals surface area contributed by atoms with Gasteiger partial charge in [0, 0.05) is 13.8 Å². The maximum absolute atomic E-state index is 12.8. The molecule has 0 bridgehead atoms. The molecule has 0 aromatic rings. The van der Waals surface area contributed by atoms with Crippen molar-refractivity contribution in [3.05, 3.63) is 0 Å². The van der Waals surface area contributed by atoms with Crippen molar-refractivity contribution < 1.29 is 203 Å². The molecule has 8 aliphatic heterocycles. The van der Waals surface area contributed by atoms with Crippen molar-refractivity contribution in [2.45, 2.75) is 259 Å². The number of carbonyl (C=O) groups is 2. The maximum Gasteiger partial charge on any atom is 0.217 e. The summed E-state index contributed by atoms with van der Waals surface area (Å²) < 4.78 is 87.6. The van der Waals surface area contributed by atoms with Gasteiger partial charge in [0.05, 0.1) is 52.9 Å².